The molecule has 3 aromatic carbocycles. The Bertz CT molecular complexity index is 1190. The van der Waals surface area contributed by atoms with Crippen molar-refractivity contribution in [1.29, 1.82) is 0 Å². The predicted molar refractivity (Wildman–Crippen MR) is 110 cm³/mol. The summed E-state index contributed by atoms with van der Waals surface area (Å²) >= 11 is 0. The van der Waals surface area contributed by atoms with E-state index in [1.807, 2.05) is 79.0 Å². The average Bonchev–Trinajstić information content (AvgIpc) is 3.30. The number of carbonyl (C=O) groups is 1. The number of hydrogen-bond donors (Lipinski definition) is 3. The Morgan fingerprint density at radius 3 is 2.56 bits per heavy atom. The molecule has 0 bridgehead atoms. The van der Waals surface area contributed by atoms with Crippen LogP contribution in [0.5, 0.6) is 0 Å². The highest BCUT2D eigenvalue weighted by atomic mass is 16.2. The number of rotatable bonds is 3. The van der Waals surface area contributed by atoms with Gasteiger partial charge in [-0.2, -0.15) is 0 Å². The summed E-state index contributed by atoms with van der Waals surface area (Å²) in [6, 6.07) is 25.9. The van der Waals surface area contributed by atoms with Crippen LogP contribution in [0.4, 0.5) is 11.4 Å². The number of nitrogens with one attached hydrogen (secondary N) is 3. The van der Waals surface area contributed by atoms with E-state index in [1.165, 1.54) is 0 Å². The Morgan fingerprint density at radius 2 is 1.67 bits per heavy atom. The maximum Gasteiger partial charge on any atom is 0.258 e. The van der Waals surface area contributed by atoms with Crippen molar-refractivity contribution >= 4 is 39.5 Å². The van der Waals surface area contributed by atoms with E-state index in [-0.39, 0.29) is 5.91 Å². The van der Waals surface area contributed by atoms with E-state index in [2.05, 4.69) is 21.7 Å². The maximum absolute atomic E-state index is 12.8. The van der Waals surface area contributed by atoms with Gasteiger partial charge in [0, 0.05) is 34.0 Å². The van der Waals surface area contributed by atoms with Gasteiger partial charge in [0.2, 0.25) is 0 Å². The fourth-order valence-electron chi connectivity index (χ4n) is 3.52. The molecule has 3 N–H and O–H groups in total. The average molecular weight is 351 g/mol. The third kappa shape index (κ3) is 2.68. The molecule has 0 saturated carbocycles. The number of para-hydroxylation sites is 1. The summed E-state index contributed by atoms with van der Waals surface area (Å²) in [4.78, 5) is 16.0. The normalized spacial score (nSPS) is 14.7. The number of hydrogen-bond acceptors (Lipinski definition) is 2. The number of benzene rings is 3. The number of carbonyl (C=O) groups excluding carboxylic acids is 1. The number of aromatic amines is 1. The molecule has 0 aliphatic carbocycles. The van der Waals surface area contributed by atoms with Crippen LogP contribution in [-0.4, -0.2) is 10.9 Å². The second kappa shape index (κ2) is 6.18. The molecule has 0 spiro atoms. The van der Waals surface area contributed by atoms with Gasteiger partial charge in [-0.3, -0.25) is 4.79 Å². The predicted octanol–water partition coefficient (Wildman–Crippen LogP) is 5.10. The summed E-state index contributed by atoms with van der Waals surface area (Å²) in [5.74, 6) is -0.0923. The number of fused-ring (bicyclic) bond motifs is 2. The molecule has 4 nitrogen and oxygen atoms in total. The van der Waals surface area contributed by atoms with Crippen molar-refractivity contribution in [3.05, 3.63) is 96.2 Å². The second-order valence-corrected chi connectivity index (χ2v) is 6.52. The Morgan fingerprint density at radius 1 is 0.852 bits per heavy atom. The molecule has 1 aliphatic rings. The summed E-state index contributed by atoms with van der Waals surface area (Å²) < 4.78 is 0. The first-order valence-corrected chi connectivity index (χ1v) is 8.84. The zero-order chi connectivity index (χ0) is 18.2. The van der Waals surface area contributed by atoms with Crippen molar-refractivity contribution in [3.8, 4) is 0 Å². The van der Waals surface area contributed by atoms with Gasteiger partial charge in [-0.25, -0.2) is 0 Å². The lowest BCUT2D eigenvalue weighted by molar-refractivity contribution is -0.110. The minimum absolute atomic E-state index is 0.0923. The van der Waals surface area contributed by atoms with E-state index in [0.29, 0.717) is 5.57 Å². The van der Waals surface area contributed by atoms with Gasteiger partial charge < -0.3 is 15.6 Å². The summed E-state index contributed by atoms with van der Waals surface area (Å²) in [5.41, 5.74) is 6.20. The number of amides is 1. The smallest absolute Gasteiger partial charge is 0.258 e. The standard InChI is InChI=1S/C23H17N3O/c27-23-21(18-8-4-5-9-20(18)26-23)22(15-6-2-1-3-7-15)25-17-10-11-19-16(14-17)12-13-24-19/h1-14,24-25H,(H,26,27). The molecule has 4 heteroatoms. The molecule has 1 amide bonds. The molecule has 2 heterocycles. The maximum atomic E-state index is 12.8. The first kappa shape index (κ1) is 15.5. The fraction of sp³-hybridized carbons (Fsp3) is 0. The van der Waals surface area contributed by atoms with E-state index < -0.39 is 0 Å². The Kier molecular flexibility index (Phi) is 3.54. The zero-order valence-electron chi connectivity index (χ0n) is 14.5. The van der Waals surface area contributed by atoms with Crippen molar-refractivity contribution < 1.29 is 4.79 Å². The highest BCUT2D eigenvalue weighted by molar-refractivity contribution is 6.37. The minimum Gasteiger partial charge on any atom is -0.361 e. The zero-order valence-corrected chi connectivity index (χ0v) is 14.5. The summed E-state index contributed by atoms with van der Waals surface area (Å²) in [7, 11) is 0. The van der Waals surface area contributed by atoms with Crippen LogP contribution in [0.15, 0.2) is 85.1 Å². The Labute approximate surface area is 156 Å². The van der Waals surface area contributed by atoms with Crippen LogP contribution >= 0.6 is 0 Å². The van der Waals surface area contributed by atoms with Crippen LogP contribution in [0.25, 0.3) is 22.2 Å². The lowest BCUT2D eigenvalue weighted by Gasteiger charge is -2.15. The van der Waals surface area contributed by atoms with Gasteiger partial charge in [0.15, 0.2) is 0 Å². The minimum atomic E-state index is -0.0923. The van der Waals surface area contributed by atoms with Gasteiger partial charge in [-0.1, -0.05) is 48.5 Å². The molecule has 0 saturated heterocycles. The SMILES string of the molecule is O=C1Nc2ccccc2C1=C(Nc1ccc2[nH]ccc2c1)c1ccccc1. The van der Waals surface area contributed by atoms with Crippen LogP contribution in [0, 0.1) is 0 Å². The summed E-state index contributed by atoms with van der Waals surface area (Å²) in [6.45, 7) is 0. The largest absolute Gasteiger partial charge is 0.361 e. The molecule has 1 aromatic heterocycles. The van der Waals surface area contributed by atoms with Gasteiger partial charge in [-0.05, 0) is 35.9 Å². The van der Waals surface area contributed by atoms with Gasteiger partial charge in [0.1, 0.15) is 0 Å². The molecule has 0 unspecified atom stereocenters. The van der Waals surface area contributed by atoms with E-state index in [0.717, 1.165) is 39.1 Å². The molecule has 4 aromatic rings. The molecule has 0 atom stereocenters. The topological polar surface area (TPSA) is 56.9 Å². The lowest BCUT2D eigenvalue weighted by atomic mass is 10.00. The lowest BCUT2D eigenvalue weighted by Crippen LogP contribution is -2.10. The van der Waals surface area contributed by atoms with Crippen molar-refractivity contribution in [1.82, 2.24) is 4.98 Å². The Hall–Kier alpha value is -3.79. The molecular weight excluding hydrogens is 334 g/mol. The monoisotopic (exact) mass is 351 g/mol. The molecule has 0 radical (unpaired) electrons. The van der Waals surface area contributed by atoms with Gasteiger partial charge in [0.25, 0.3) is 5.91 Å². The Balaban J connectivity index is 1.69. The van der Waals surface area contributed by atoms with E-state index in [4.69, 9.17) is 0 Å². The van der Waals surface area contributed by atoms with Crippen LogP contribution in [0.3, 0.4) is 0 Å². The van der Waals surface area contributed by atoms with Crippen molar-refractivity contribution in [2.24, 2.45) is 0 Å². The highest BCUT2D eigenvalue weighted by Crippen LogP contribution is 2.37. The van der Waals surface area contributed by atoms with Crippen LogP contribution in [0.1, 0.15) is 11.1 Å². The van der Waals surface area contributed by atoms with Gasteiger partial charge in [0.05, 0.1) is 11.3 Å². The number of aromatic nitrogens is 1. The van der Waals surface area contributed by atoms with Gasteiger partial charge >= 0.3 is 0 Å². The van der Waals surface area contributed by atoms with Crippen LogP contribution in [-0.2, 0) is 4.79 Å². The molecule has 1 aliphatic heterocycles. The molecule has 5 rings (SSSR count). The van der Waals surface area contributed by atoms with E-state index >= 15 is 0 Å². The molecule has 27 heavy (non-hydrogen) atoms. The van der Waals surface area contributed by atoms with E-state index in [9.17, 15) is 4.79 Å². The summed E-state index contributed by atoms with van der Waals surface area (Å²) in [6.07, 6.45) is 1.92. The molecular formula is C23H17N3O. The molecule has 0 fully saturated rings. The van der Waals surface area contributed by atoms with Crippen LogP contribution < -0.4 is 10.6 Å². The quantitative estimate of drug-likeness (QED) is 0.450. The van der Waals surface area contributed by atoms with Crippen molar-refractivity contribution in [3.63, 3.8) is 0 Å². The van der Waals surface area contributed by atoms with Crippen molar-refractivity contribution in [2.75, 3.05) is 10.6 Å². The number of anilines is 2. The first-order chi connectivity index (χ1) is 13.3. The van der Waals surface area contributed by atoms with Gasteiger partial charge in [-0.15, -0.1) is 0 Å². The fourth-order valence-corrected chi connectivity index (χ4v) is 3.52. The summed E-state index contributed by atoms with van der Waals surface area (Å²) in [5, 5.41) is 7.58. The van der Waals surface area contributed by atoms with E-state index in [1.54, 1.807) is 0 Å². The highest BCUT2D eigenvalue weighted by Gasteiger charge is 2.28. The third-order valence-electron chi connectivity index (χ3n) is 4.81. The number of H-pyrrole nitrogens is 1. The second-order valence-electron chi connectivity index (χ2n) is 6.52. The van der Waals surface area contributed by atoms with Crippen LogP contribution in [0.2, 0.25) is 0 Å². The molecule has 130 valence electrons. The first-order valence-electron chi connectivity index (χ1n) is 8.84. The van der Waals surface area contributed by atoms with Crippen molar-refractivity contribution in [2.45, 2.75) is 0 Å². The third-order valence-corrected chi connectivity index (χ3v) is 4.81.